The van der Waals surface area contributed by atoms with Crippen LogP contribution in [-0.4, -0.2) is 65.5 Å². The molecule has 5 N–H and O–H groups in total. The number of nitrogen functional groups attached to an aromatic ring is 1. The van der Waals surface area contributed by atoms with Gasteiger partial charge in [-0.05, 0) is 30.4 Å². The van der Waals surface area contributed by atoms with Gasteiger partial charge in [0.15, 0.2) is 17.7 Å². The minimum atomic E-state index is -4.85. The van der Waals surface area contributed by atoms with Crippen LogP contribution >= 0.6 is 7.82 Å². The summed E-state index contributed by atoms with van der Waals surface area (Å²) in [7, 11) is -4.85. The van der Waals surface area contributed by atoms with Gasteiger partial charge in [-0.2, -0.15) is 0 Å². The Balaban J connectivity index is 1.36. The van der Waals surface area contributed by atoms with E-state index in [2.05, 4.69) is 28.8 Å². The van der Waals surface area contributed by atoms with Crippen LogP contribution < -0.4 is 5.73 Å². The van der Waals surface area contributed by atoms with Gasteiger partial charge in [-0.25, -0.2) is 19.5 Å². The number of aliphatic hydroxyl groups is 2. The lowest BCUT2D eigenvalue weighted by atomic mass is 9.97. The SMILES string of the molecule is CC(C)Cc1ccc([C@H](C)C(=O)OP(=O)(O)OC[C@H]2O[C@@H](n3cnc4c(N)ncnc43)[C@H](O)[C@@H]2O)cc1. The van der Waals surface area contributed by atoms with Crippen LogP contribution in [0, 0.1) is 5.92 Å². The summed E-state index contributed by atoms with van der Waals surface area (Å²) in [5.74, 6) is -1.16. The number of aromatic nitrogens is 4. The second-order valence-electron chi connectivity index (χ2n) is 9.37. The molecule has 200 valence electrons. The number of benzene rings is 1. The molecule has 1 saturated heterocycles. The number of aliphatic hydroxyl groups excluding tert-OH is 2. The van der Waals surface area contributed by atoms with E-state index in [1.807, 2.05) is 12.1 Å². The topological polar surface area (TPSA) is 192 Å². The van der Waals surface area contributed by atoms with E-state index in [1.165, 1.54) is 17.2 Å². The molecule has 13 nitrogen and oxygen atoms in total. The third-order valence-electron chi connectivity index (χ3n) is 6.08. The summed E-state index contributed by atoms with van der Waals surface area (Å²) in [5.41, 5.74) is 8.05. The number of hydrogen-bond donors (Lipinski definition) is 4. The molecule has 4 rings (SSSR count). The van der Waals surface area contributed by atoms with Gasteiger partial charge >= 0.3 is 13.8 Å². The van der Waals surface area contributed by atoms with Crippen molar-refractivity contribution in [2.75, 3.05) is 12.3 Å². The van der Waals surface area contributed by atoms with Gasteiger partial charge in [0, 0.05) is 0 Å². The summed E-state index contributed by atoms with van der Waals surface area (Å²) < 4.78 is 29.1. The molecule has 6 atom stereocenters. The summed E-state index contributed by atoms with van der Waals surface area (Å²) in [6.07, 6.45) is -1.87. The maximum atomic E-state index is 12.5. The Morgan fingerprint density at radius 1 is 1.16 bits per heavy atom. The van der Waals surface area contributed by atoms with Crippen molar-refractivity contribution in [2.45, 2.75) is 57.6 Å². The van der Waals surface area contributed by atoms with Gasteiger partial charge in [0.05, 0.1) is 18.9 Å². The van der Waals surface area contributed by atoms with Gasteiger partial charge < -0.3 is 25.2 Å². The van der Waals surface area contributed by atoms with Crippen LogP contribution in [0.5, 0.6) is 0 Å². The second-order valence-corrected chi connectivity index (χ2v) is 10.7. The maximum Gasteiger partial charge on any atom is 0.529 e. The number of rotatable bonds is 9. The fourth-order valence-corrected chi connectivity index (χ4v) is 4.86. The Morgan fingerprint density at radius 3 is 2.54 bits per heavy atom. The molecule has 3 aromatic rings. The summed E-state index contributed by atoms with van der Waals surface area (Å²) >= 11 is 0. The molecule has 14 heteroatoms. The number of hydrogen-bond acceptors (Lipinski definition) is 11. The van der Waals surface area contributed by atoms with E-state index in [9.17, 15) is 24.5 Å². The van der Waals surface area contributed by atoms with Crippen molar-refractivity contribution in [3.63, 3.8) is 0 Å². The first-order chi connectivity index (χ1) is 17.5. The Labute approximate surface area is 212 Å². The predicted octanol–water partition coefficient (Wildman–Crippen LogP) is 1.69. The normalized spacial score (nSPS) is 24.3. The smallest absolute Gasteiger partial charge is 0.387 e. The van der Waals surface area contributed by atoms with Gasteiger partial charge in [0.25, 0.3) is 0 Å². The lowest BCUT2D eigenvalue weighted by Crippen LogP contribution is -2.33. The molecule has 0 amide bonds. The number of fused-ring (bicyclic) bond motifs is 1. The van der Waals surface area contributed by atoms with Crippen LogP contribution in [0.2, 0.25) is 0 Å². The molecule has 2 aromatic heterocycles. The molecule has 1 fully saturated rings. The van der Waals surface area contributed by atoms with Crippen LogP contribution in [0.15, 0.2) is 36.9 Å². The fourth-order valence-electron chi connectivity index (χ4n) is 4.09. The van der Waals surface area contributed by atoms with Crippen molar-refractivity contribution in [3.05, 3.63) is 48.0 Å². The molecule has 3 heterocycles. The number of anilines is 1. The maximum absolute atomic E-state index is 12.5. The average molecular weight is 535 g/mol. The lowest BCUT2D eigenvalue weighted by Gasteiger charge is -2.19. The summed E-state index contributed by atoms with van der Waals surface area (Å²) in [6.45, 7) is 5.12. The molecule has 1 aliphatic rings. The monoisotopic (exact) mass is 535 g/mol. The molecule has 0 spiro atoms. The third-order valence-corrected chi connectivity index (χ3v) is 6.97. The highest BCUT2D eigenvalue weighted by Gasteiger charge is 2.45. The van der Waals surface area contributed by atoms with E-state index in [1.54, 1.807) is 19.1 Å². The minimum absolute atomic E-state index is 0.125. The van der Waals surface area contributed by atoms with Crippen LogP contribution in [0.4, 0.5) is 5.82 Å². The molecule has 0 radical (unpaired) electrons. The molecule has 1 unspecified atom stereocenters. The first kappa shape index (κ1) is 27.1. The zero-order valence-electron chi connectivity index (χ0n) is 20.5. The average Bonchev–Trinajstić information content (AvgIpc) is 3.39. The van der Waals surface area contributed by atoms with Crippen LogP contribution in [0.25, 0.3) is 11.2 Å². The molecule has 1 aromatic carbocycles. The van der Waals surface area contributed by atoms with E-state index in [0.717, 1.165) is 12.0 Å². The number of phosphoric acid groups is 1. The number of nitrogens with two attached hydrogens (primary N) is 1. The largest absolute Gasteiger partial charge is 0.529 e. The molecule has 0 aliphatic carbocycles. The van der Waals surface area contributed by atoms with Gasteiger partial charge in [0.2, 0.25) is 0 Å². The van der Waals surface area contributed by atoms with Gasteiger partial charge in [-0.3, -0.25) is 18.8 Å². The fraction of sp³-hybridized carbons (Fsp3) is 0.478. The van der Waals surface area contributed by atoms with Crippen molar-refractivity contribution in [2.24, 2.45) is 5.92 Å². The Bertz CT molecular complexity index is 1300. The molecular weight excluding hydrogens is 505 g/mol. The van der Waals surface area contributed by atoms with Crippen molar-refractivity contribution < 1.29 is 38.3 Å². The van der Waals surface area contributed by atoms with E-state index in [0.29, 0.717) is 11.5 Å². The third kappa shape index (κ3) is 5.98. The van der Waals surface area contributed by atoms with E-state index in [-0.39, 0.29) is 17.0 Å². The van der Waals surface area contributed by atoms with E-state index < -0.39 is 50.9 Å². The minimum Gasteiger partial charge on any atom is -0.387 e. The summed E-state index contributed by atoms with van der Waals surface area (Å²) in [6, 6.07) is 7.35. The number of carbonyl (C=O) groups excluding carboxylic acids is 1. The zero-order chi connectivity index (χ0) is 26.9. The standard InChI is InChI=1S/C23H30N5O8P/c1-12(2)8-14-4-6-15(7-5-14)13(3)23(31)36-37(32,33)34-9-16-18(29)19(30)22(35-16)28-11-27-17-20(24)25-10-26-21(17)28/h4-7,10-13,16,18-19,22,29-30H,8-9H2,1-3H3,(H,32,33)(H2,24,25,26)/t13-,16+,18+,19+,22+/m0/s1. The van der Waals surface area contributed by atoms with Crippen molar-refractivity contribution in [1.82, 2.24) is 19.5 Å². The van der Waals surface area contributed by atoms with Crippen molar-refractivity contribution in [1.29, 1.82) is 0 Å². The zero-order valence-corrected chi connectivity index (χ0v) is 21.4. The van der Waals surface area contributed by atoms with E-state index >= 15 is 0 Å². The highest BCUT2D eigenvalue weighted by Crippen LogP contribution is 2.46. The van der Waals surface area contributed by atoms with Gasteiger partial charge in [-0.1, -0.05) is 38.1 Å². The van der Waals surface area contributed by atoms with Crippen molar-refractivity contribution in [3.8, 4) is 0 Å². The quantitative estimate of drug-likeness (QED) is 0.290. The lowest BCUT2D eigenvalue weighted by molar-refractivity contribution is -0.137. The molecular formula is C23H30N5O8P. The Kier molecular flexibility index (Phi) is 7.93. The van der Waals surface area contributed by atoms with Gasteiger partial charge in [0.1, 0.15) is 30.2 Å². The molecule has 37 heavy (non-hydrogen) atoms. The van der Waals surface area contributed by atoms with Crippen LogP contribution in [-0.2, 0) is 29.6 Å². The second kappa shape index (κ2) is 10.8. The number of phosphoric ester groups is 1. The van der Waals surface area contributed by atoms with E-state index in [4.69, 9.17) is 19.5 Å². The highest BCUT2D eigenvalue weighted by atomic mass is 31.2. The van der Waals surface area contributed by atoms with Gasteiger partial charge in [-0.15, -0.1) is 0 Å². The first-order valence-electron chi connectivity index (χ1n) is 11.7. The van der Waals surface area contributed by atoms with Crippen LogP contribution in [0.3, 0.4) is 0 Å². The first-order valence-corrected chi connectivity index (χ1v) is 13.2. The number of carbonyl (C=O) groups is 1. The van der Waals surface area contributed by atoms with Crippen molar-refractivity contribution >= 4 is 30.8 Å². The summed E-state index contributed by atoms with van der Waals surface area (Å²) in [4.78, 5) is 34.6. The summed E-state index contributed by atoms with van der Waals surface area (Å²) in [5, 5.41) is 20.9. The number of nitrogens with zero attached hydrogens (tertiary/aromatic N) is 4. The van der Waals surface area contributed by atoms with Crippen LogP contribution in [0.1, 0.15) is 44.0 Å². The number of ether oxygens (including phenoxy) is 1. The number of imidazole rings is 1. The Morgan fingerprint density at radius 2 is 1.86 bits per heavy atom. The molecule has 0 saturated carbocycles. The Hall–Kier alpha value is -2.93. The molecule has 0 bridgehead atoms. The molecule has 1 aliphatic heterocycles. The predicted molar refractivity (Wildman–Crippen MR) is 131 cm³/mol. The highest BCUT2D eigenvalue weighted by molar-refractivity contribution is 7.48.